The van der Waals surface area contributed by atoms with E-state index in [2.05, 4.69) is 20.2 Å². The van der Waals surface area contributed by atoms with Crippen LogP contribution in [0.3, 0.4) is 0 Å². The Kier molecular flexibility index (Phi) is 4.84. The average molecular weight is 388 g/mol. The summed E-state index contributed by atoms with van der Waals surface area (Å²) in [5.41, 5.74) is 0.352. The number of hydrogen-bond donors (Lipinski definition) is 0. The Bertz CT molecular complexity index is 994. The normalized spacial score (nSPS) is 15.2. The van der Waals surface area contributed by atoms with Gasteiger partial charge in [0.1, 0.15) is 12.2 Å². The van der Waals surface area contributed by atoms with Gasteiger partial charge in [-0.05, 0) is 31.0 Å². The van der Waals surface area contributed by atoms with E-state index in [4.69, 9.17) is 4.52 Å². The zero-order valence-electron chi connectivity index (χ0n) is 15.2. The minimum Gasteiger partial charge on any atom is -0.342 e. The number of benzene rings is 1. The zero-order chi connectivity index (χ0) is 19.7. The van der Waals surface area contributed by atoms with E-state index in [1.807, 2.05) is 0 Å². The summed E-state index contributed by atoms with van der Waals surface area (Å²) in [6.45, 7) is 1.15. The number of amides is 1. The third kappa shape index (κ3) is 3.62. The second-order valence-electron chi connectivity index (χ2n) is 6.72. The highest BCUT2D eigenvalue weighted by molar-refractivity contribution is 5.78. The van der Waals surface area contributed by atoms with Crippen molar-refractivity contribution in [3.8, 4) is 11.4 Å². The summed E-state index contributed by atoms with van der Waals surface area (Å²) in [5.74, 6) is -0.576. The molecule has 0 atom stereocenters. The fourth-order valence-corrected chi connectivity index (χ4v) is 3.26. The van der Waals surface area contributed by atoms with Crippen LogP contribution < -0.4 is 0 Å². The van der Waals surface area contributed by atoms with Crippen LogP contribution in [0.4, 0.5) is 8.78 Å². The third-order valence-electron chi connectivity index (χ3n) is 4.93. The Labute approximate surface area is 159 Å². The molecule has 3 heterocycles. The number of likely N-dealkylation sites (tertiary alicyclic amines) is 1. The van der Waals surface area contributed by atoms with Crippen molar-refractivity contribution in [1.82, 2.24) is 29.8 Å². The van der Waals surface area contributed by atoms with Gasteiger partial charge < -0.3 is 9.42 Å². The standard InChI is InChI=1S/C18H18F2N6O2/c1-25-15(21-10-22-25)9-16(27)26-6-4-11(5-7-26)18-23-17(24-28-18)12-2-3-13(19)14(20)8-12/h2-3,8,10-11H,4-7,9H2,1H3. The van der Waals surface area contributed by atoms with Crippen LogP contribution >= 0.6 is 0 Å². The molecule has 0 saturated carbocycles. The predicted octanol–water partition coefficient (Wildman–Crippen LogP) is 2.09. The molecule has 1 amide bonds. The van der Waals surface area contributed by atoms with E-state index in [1.54, 1.807) is 16.6 Å². The highest BCUT2D eigenvalue weighted by Gasteiger charge is 2.28. The smallest absolute Gasteiger partial charge is 0.230 e. The fourth-order valence-electron chi connectivity index (χ4n) is 3.26. The summed E-state index contributed by atoms with van der Waals surface area (Å²) >= 11 is 0. The van der Waals surface area contributed by atoms with E-state index < -0.39 is 11.6 Å². The summed E-state index contributed by atoms with van der Waals surface area (Å²) in [5, 5.41) is 7.84. The van der Waals surface area contributed by atoms with Gasteiger partial charge in [0.05, 0.1) is 6.42 Å². The van der Waals surface area contributed by atoms with Crippen LogP contribution in [0.5, 0.6) is 0 Å². The van der Waals surface area contributed by atoms with Gasteiger partial charge in [-0.25, -0.2) is 13.8 Å². The van der Waals surface area contributed by atoms with E-state index in [0.717, 1.165) is 12.1 Å². The largest absolute Gasteiger partial charge is 0.342 e. The number of aromatic nitrogens is 5. The van der Waals surface area contributed by atoms with Gasteiger partial charge in [0, 0.05) is 31.6 Å². The molecule has 0 bridgehead atoms. The van der Waals surface area contributed by atoms with Gasteiger partial charge in [-0.1, -0.05) is 5.16 Å². The molecule has 4 rings (SSSR count). The Morgan fingerprint density at radius 2 is 2.04 bits per heavy atom. The van der Waals surface area contributed by atoms with Crippen LogP contribution in [-0.4, -0.2) is 48.8 Å². The summed E-state index contributed by atoms with van der Waals surface area (Å²) in [6.07, 6.45) is 3.00. The molecule has 146 valence electrons. The van der Waals surface area contributed by atoms with Crippen LogP contribution in [0.25, 0.3) is 11.4 Å². The van der Waals surface area contributed by atoms with Crippen molar-refractivity contribution in [2.75, 3.05) is 13.1 Å². The van der Waals surface area contributed by atoms with Crippen LogP contribution in [0, 0.1) is 11.6 Å². The quantitative estimate of drug-likeness (QED) is 0.680. The second-order valence-corrected chi connectivity index (χ2v) is 6.72. The van der Waals surface area contributed by atoms with Gasteiger partial charge in [0.15, 0.2) is 11.6 Å². The topological polar surface area (TPSA) is 89.9 Å². The number of aryl methyl sites for hydroxylation is 1. The molecule has 0 spiro atoms. The minimum atomic E-state index is -0.960. The molecule has 1 fully saturated rings. The summed E-state index contributed by atoms with van der Waals surface area (Å²) in [7, 11) is 1.75. The first kappa shape index (κ1) is 18.2. The number of carbonyl (C=O) groups is 1. The third-order valence-corrected chi connectivity index (χ3v) is 4.93. The van der Waals surface area contributed by atoms with E-state index >= 15 is 0 Å². The number of hydrogen-bond acceptors (Lipinski definition) is 6. The molecular weight excluding hydrogens is 370 g/mol. The maximum absolute atomic E-state index is 13.4. The van der Waals surface area contributed by atoms with Crippen molar-refractivity contribution >= 4 is 5.91 Å². The molecule has 0 radical (unpaired) electrons. The molecule has 0 N–H and O–H groups in total. The summed E-state index contributed by atoms with van der Waals surface area (Å²) < 4.78 is 33.4. The van der Waals surface area contributed by atoms with Crippen molar-refractivity contribution in [1.29, 1.82) is 0 Å². The lowest BCUT2D eigenvalue weighted by molar-refractivity contribution is -0.131. The Morgan fingerprint density at radius 1 is 1.25 bits per heavy atom. The molecule has 0 unspecified atom stereocenters. The lowest BCUT2D eigenvalue weighted by atomic mass is 9.96. The molecule has 1 aromatic carbocycles. The molecule has 1 saturated heterocycles. The van der Waals surface area contributed by atoms with Crippen LogP contribution in [-0.2, 0) is 18.3 Å². The molecule has 28 heavy (non-hydrogen) atoms. The second kappa shape index (κ2) is 7.45. The molecule has 8 nitrogen and oxygen atoms in total. The SMILES string of the molecule is Cn1ncnc1CC(=O)N1CCC(c2nc(-c3ccc(F)c(F)c3)no2)CC1. The molecule has 0 aliphatic carbocycles. The zero-order valence-corrected chi connectivity index (χ0v) is 15.2. The molecule has 2 aromatic heterocycles. The Balaban J connectivity index is 1.37. The van der Waals surface area contributed by atoms with Crippen molar-refractivity contribution in [3.05, 3.63) is 47.9 Å². The van der Waals surface area contributed by atoms with Crippen molar-refractivity contribution in [2.24, 2.45) is 7.05 Å². The number of halogens is 2. The van der Waals surface area contributed by atoms with Gasteiger partial charge in [0.2, 0.25) is 17.6 Å². The van der Waals surface area contributed by atoms with Gasteiger partial charge in [-0.3, -0.25) is 9.48 Å². The molecule has 10 heteroatoms. The van der Waals surface area contributed by atoms with Gasteiger partial charge >= 0.3 is 0 Å². The summed E-state index contributed by atoms with van der Waals surface area (Å²) in [4.78, 5) is 22.6. The molecule has 1 aliphatic rings. The number of rotatable bonds is 4. The van der Waals surface area contributed by atoms with Crippen molar-refractivity contribution in [2.45, 2.75) is 25.2 Å². The van der Waals surface area contributed by atoms with E-state index in [9.17, 15) is 13.6 Å². The average Bonchev–Trinajstić information content (AvgIpc) is 3.34. The van der Waals surface area contributed by atoms with Crippen LogP contribution in [0.1, 0.15) is 30.5 Å². The molecular formula is C18H18F2N6O2. The Hall–Kier alpha value is -3.17. The predicted molar refractivity (Wildman–Crippen MR) is 92.9 cm³/mol. The summed E-state index contributed by atoms with van der Waals surface area (Å²) in [6, 6.07) is 3.47. The van der Waals surface area contributed by atoms with Crippen molar-refractivity contribution in [3.63, 3.8) is 0 Å². The first-order chi connectivity index (χ1) is 13.5. The number of piperidine rings is 1. The monoisotopic (exact) mass is 388 g/mol. The minimum absolute atomic E-state index is 0.00237. The van der Waals surface area contributed by atoms with Gasteiger partial charge in [-0.15, -0.1) is 0 Å². The van der Waals surface area contributed by atoms with E-state index in [0.29, 0.717) is 43.2 Å². The maximum atomic E-state index is 13.4. The first-order valence-electron chi connectivity index (χ1n) is 8.91. The van der Waals surface area contributed by atoms with Crippen LogP contribution in [0.2, 0.25) is 0 Å². The lowest BCUT2D eigenvalue weighted by Crippen LogP contribution is -2.39. The van der Waals surface area contributed by atoms with E-state index in [1.165, 1.54) is 12.4 Å². The molecule has 1 aliphatic heterocycles. The number of nitrogens with zero attached hydrogens (tertiary/aromatic N) is 6. The highest BCUT2D eigenvalue weighted by Crippen LogP contribution is 2.29. The van der Waals surface area contributed by atoms with Crippen LogP contribution in [0.15, 0.2) is 29.0 Å². The fraction of sp³-hybridized carbons (Fsp3) is 0.389. The first-order valence-corrected chi connectivity index (χ1v) is 8.91. The van der Waals surface area contributed by atoms with Crippen molar-refractivity contribution < 1.29 is 18.1 Å². The van der Waals surface area contributed by atoms with E-state index in [-0.39, 0.29) is 24.1 Å². The molecule has 3 aromatic rings. The van der Waals surface area contributed by atoms with Gasteiger partial charge in [0.25, 0.3) is 0 Å². The highest BCUT2D eigenvalue weighted by atomic mass is 19.2. The number of carbonyl (C=O) groups excluding carboxylic acids is 1. The Morgan fingerprint density at radius 3 is 2.71 bits per heavy atom. The lowest BCUT2D eigenvalue weighted by Gasteiger charge is -2.30. The maximum Gasteiger partial charge on any atom is 0.230 e. The van der Waals surface area contributed by atoms with Gasteiger partial charge in [-0.2, -0.15) is 10.1 Å².